The molecule has 1 saturated heterocycles. The van der Waals surface area contributed by atoms with Crippen LogP contribution in [-0.2, 0) is 19.6 Å². The number of carbonyl (C=O) groups is 3. The van der Waals surface area contributed by atoms with E-state index in [2.05, 4.69) is 10.6 Å². The maximum absolute atomic E-state index is 13.3. The summed E-state index contributed by atoms with van der Waals surface area (Å²) < 4.78 is 38.2. The molecule has 1 fully saturated rings. The lowest BCUT2D eigenvalue weighted by molar-refractivity contribution is -0.129. The standard InChI is InChI=1S/C28H33N3O7S/c1-18(2)15-23(30-28(34)26-16-19-7-4-5-9-25(19)38-26)27(33)29-22-8-6-14-31(17-24(22)32)39(35,36)21-12-10-20(37-3)11-13-21/h4-5,7,9-13,16,18,22-23H,6,8,14-15,17H2,1-3H3,(H,29,33)(H,30,34)/t22?,23-/m0/s1. The molecule has 0 bridgehead atoms. The predicted molar refractivity (Wildman–Crippen MR) is 145 cm³/mol. The largest absolute Gasteiger partial charge is 0.497 e. The van der Waals surface area contributed by atoms with Gasteiger partial charge in [0.15, 0.2) is 11.5 Å². The molecule has 0 radical (unpaired) electrons. The van der Waals surface area contributed by atoms with Crippen LogP contribution in [0.15, 0.2) is 63.9 Å². The maximum atomic E-state index is 13.3. The van der Waals surface area contributed by atoms with Gasteiger partial charge in [0.1, 0.15) is 17.4 Å². The maximum Gasteiger partial charge on any atom is 0.287 e. The van der Waals surface area contributed by atoms with Crippen LogP contribution in [0.25, 0.3) is 11.0 Å². The summed E-state index contributed by atoms with van der Waals surface area (Å²) in [4.78, 5) is 39.3. The first-order valence-corrected chi connectivity index (χ1v) is 14.3. The van der Waals surface area contributed by atoms with Gasteiger partial charge in [-0.3, -0.25) is 14.4 Å². The number of benzene rings is 2. The number of furan rings is 1. The Morgan fingerprint density at radius 1 is 1.13 bits per heavy atom. The minimum atomic E-state index is -3.91. The van der Waals surface area contributed by atoms with E-state index in [1.165, 1.54) is 19.2 Å². The van der Waals surface area contributed by atoms with E-state index in [9.17, 15) is 22.8 Å². The number of fused-ring (bicyclic) bond motifs is 1. The molecule has 10 nitrogen and oxygen atoms in total. The van der Waals surface area contributed by atoms with Gasteiger partial charge in [0.05, 0.1) is 24.6 Å². The van der Waals surface area contributed by atoms with Gasteiger partial charge in [0.2, 0.25) is 15.9 Å². The molecule has 1 unspecified atom stereocenters. The molecule has 2 amide bonds. The lowest BCUT2D eigenvalue weighted by Gasteiger charge is -2.23. The molecule has 11 heteroatoms. The van der Waals surface area contributed by atoms with E-state index in [0.717, 1.165) is 9.69 Å². The molecule has 208 valence electrons. The van der Waals surface area contributed by atoms with Crippen LogP contribution in [0.5, 0.6) is 5.75 Å². The van der Waals surface area contributed by atoms with Crippen molar-refractivity contribution < 1.29 is 32.0 Å². The fourth-order valence-electron chi connectivity index (χ4n) is 4.55. The van der Waals surface area contributed by atoms with Crippen molar-refractivity contribution in [2.75, 3.05) is 20.2 Å². The average Bonchev–Trinajstić information content (AvgIpc) is 3.26. The number of carbonyl (C=O) groups excluding carboxylic acids is 3. The Bertz CT molecular complexity index is 1410. The zero-order valence-electron chi connectivity index (χ0n) is 22.2. The van der Waals surface area contributed by atoms with Crippen molar-refractivity contribution in [2.24, 2.45) is 5.92 Å². The third-order valence-corrected chi connectivity index (χ3v) is 8.47. The second-order valence-corrected chi connectivity index (χ2v) is 11.9. The summed E-state index contributed by atoms with van der Waals surface area (Å²) >= 11 is 0. The summed E-state index contributed by atoms with van der Waals surface area (Å²) in [6.07, 6.45) is 1.01. The Labute approximate surface area is 227 Å². The van der Waals surface area contributed by atoms with Crippen molar-refractivity contribution in [2.45, 2.75) is 50.1 Å². The van der Waals surface area contributed by atoms with Gasteiger partial charge >= 0.3 is 0 Å². The van der Waals surface area contributed by atoms with E-state index in [-0.39, 0.29) is 36.1 Å². The molecule has 2 atom stereocenters. The first kappa shape index (κ1) is 28.3. The second kappa shape index (κ2) is 12.0. The first-order chi connectivity index (χ1) is 18.6. The Morgan fingerprint density at radius 2 is 1.85 bits per heavy atom. The topological polar surface area (TPSA) is 135 Å². The fourth-order valence-corrected chi connectivity index (χ4v) is 5.99. The number of rotatable bonds is 9. The van der Waals surface area contributed by atoms with Crippen molar-refractivity contribution >= 4 is 38.6 Å². The number of methoxy groups -OCH3 is 1. The van der Waals surface area contributed by atoms with Gasteiger partial charge in [-0.05, 0) is 61.6 Å². The number of ether oxygens (including phenoxy) is 1. The molecule has 2 aromatic carbocycles. The van der Waals surface area contributed by atoms with Crippen molar-refractivity contribution in [1.29, 1.82) is 0 Å². The number of nitrogens with zero attached hydrogens (tertiary/aromatic N) is 1. The highest BCUT2D eigenvalue weighted by Gasteiger charge is 2.34. The molecule has 3 aromatic rings. The highest BCUT2D eigenvalue weighted by atomic mass is 32.2. The fraction of sp³-hybridized carbons (Fsp3) is 0.393. The molecule has 2 heterocycles. The average molecular weight is 556 g/mol. The third kappa shape index (κ3) is 6.66. The monoisotopic (exact) mass is 555 g/mol. The SMILES string of the molecule is COc1ccc(S(=O)(=O)N2CCCC(NC(=O)[C@H](CC(C)C)NC(=O)c3cc4ccccc4o3)C(=O)C2)cc1. The predicted octanol–water partition coefficient (Wildman–Crippen LogP) is 3.12. The lowest BCUT2D eigenvalue weighted by atomic mass is 10.0. The van der Waals surface area contributed by atoms with Crippen LogP contribution in [0.2, 0.25) is 0 Å². The van der Waals surface area contributed by atoms with Crippen LogP contribution in [-0.4, -0.2) is 62.6 Å². The van der Waals surface area contributed by atoms with Gasteiger partial charge in [-0.15, -0.1) is 0 Å². The zero-order valence-corrected chi connectivity index (χ0v) is 23.0. The molecule has 0 saturated carbocycles. The van der Waals surface area contributed by atoms with Crippen LogP contribution < -0.4 is 15.4 Å². The normalized spacial score (nSPS) is 17.5. The lowest BCUT2D eigenvalue weighted by Crippen LogP contribution is -2.52. The molecule has 2 N–H and O–H groups in total. The first-order valence-electron chi connectivity index (χ1n) is 12.8. The van der Waals surface area contributed by atoms with Gasteiger partial charge < -0.3 is 19.8 Å². The van der Waals surface area contributed by atoms with E-state index >= 15 is 0 Å². The summed E-state index contributed by atoms with van der Waals surface area (Å²) in [6, 6.07) is 13.0. The van der Waals surface area contributed by atoms with Gasteiger partial charge in [-0.1, -0.05) is 32.0 Å². The Hall–Kier alpha value is -3.70. The number of sulfonamides is 1. The van der Waals surface area contributed by atoms with Crippen molar-refractivity contribution in [3.05, 3.63) is 60.4 Å². The molecule has 4 rings (SSSR count). The highest BCUT2D eigenvalue weighted by molar-refractivity contribution is 7.89. The van der Waals surface area contributed by atoms with Crippen LogP contribution >= 0.6 is 0 Å². The van der Waals surface area contributed by atoms with Crippen molar-refractivity contribution in [1.82, 2.24) is 14.9 Å². The summed E-state index contributed by atoms with van der Waals surface area (Å²) in [5.74, 6) is -0.764. The Kier molecular flexibility index (Phi) is 8.71. The van der Waals surface area contributed by atoms with E-state index in [0.29, 0.717) is 24.2 Å². The number of hydrogen-bond acceptors (Lipinski definition) is 7. The molecule has 1 aromatic heterocycles. The van der Waals surface area contributed by atoms with Crippen molar-refractivity contribution in [3.8, 4) is 5.75 Å². The van der Waals surface area contributed by atoms with Gasteiger partial charge in [0.25, 0.3) is 5.91 Å². The quantitative estimate of drug-likeness (QED) is 0.414. The number of para-hydroxylation sites is 1. The molecular weight excluding hydrogens is 522 g/mol. The molecule has 39 heavy (non-hydrogen) atoms. The molecular formula is C28H33N3O7S. The summed E-state index contributed by atoms with van der Waals surface area (Å²) in [5.41, 5.74) is 0.561. The van der Waals surface area contributed by atoms with Gasteiger partial charge in [0, 0.05) is 11.9 Å². The van der Waals surface area contributed by atoms with Gasteiger partial charge in [-0.2, -0.15) is 4.31 Å². The minimum absolute atomic E-state index is 0.0592. The number of amides is 2. The van der Waals surface area contributed by atoms with Crippen LogP contribution in [0.4, 0.5) is 0 Å². The van der Waals surface area contributed by atoms with Crippen LogP contribution in [0, 0.1) is 5.92 Å². The smallest absolute Gasteiger partial charge is 0.287 e. The second-order valence-electron chi connectivity index (χ2n) is 9.99. The minimum Gasteiger partial charge on any atom is -0.497 e. The number of hydrogen-bond donors (Lipinski definition) is 2. The van der Waals surface area contributed by atoms with E-state index < -0.39 is 39.7 Å². The van der Waals surface area contributed by atoms with E-state index in [1.807, 2.05) is 26.0 Å². The highest BCUT2D eigenvalue weighted by Crippen LogP contribution is 2.22. The Morgan fingerprint density at radius 3 is 2.51 bits per heavy atom. The van der Waals surface area contributed by atoms with Crippen molar-refractivity contribution in [3.63, 3.8) is 0 Å². The molecule has 1 aliphatic rings. The van der Waals surface area contributed by atoms with Crippen LogP contribution in [0.1, 0.15) is 43.7 Å². The molecule has 0 aliphatic carbocycles. The zero-order chi connectivity index (χ0) is 28.2. The van der Waals surface area contributed by atoms with Crippen LogP contribution in [0.3, 0.4) is 0 Å². The van der Waals surface area contributed by atoms with Gasteiger partial charge in [-0.25, -0.2) is 8.42 Å². The molecule has 1 aliphatic heterocycles. The molecule has 0 spiro atoms. The number of ketones is 1. The van der Waals surface area contributed by atoms with E-state index in [4.69, 9.17) is 9.15 Å². The summed E-state index contributed by atoms with van der Waals surface area (Å²) in [7, 11) is -2.42. The van der Waals surface area contributed by atoms with E-state index in [1.54, 1.807) is 30.3 Å². The third-order valence-electron chi connectivity index (χ3n) is 6.61. The Balaban J connectivity index is 1.43. The number of nitrogens with one attached hydrogen (secondary N) is 2. The summed E-state index contributed by atoms with van der Waals surface area (Å²) in [5, 5.41) is 6.26. The number of Topliss-reactive ketones (excluding diaryl/α,β-unsaturated/α-hetero) is 1. The summed E-state index contributed by atoms with van der Waals surface area (Å²) in [6.45, 7) is 3.63.